The van der Waals surface area contributed by atoms with Crippen molar-refractivity contribution in [2.24, 2.45) is 5.10 Å². The van der Waals surface area contributed by atoms with Gasteiger partial charge in [0.25, 0.3) is 0 Å². The number of hydrazone groups is 1. The predicted octanol–water partition coefficient (Wildman–Crippen LogP) is 7.75. The fourth-order valence-electron chi connectivity index (χ4n) is 4.17. The van der Waals surface area contributed by atoms with Gasteiger partial charge in [0.15, 0.2) is 0 Å². The summed E-state index contributed by atoms with van der Waals surface area (Å²) < 4.78 is 0. The maximum absolute atomic E-state index is 7.87. The average molecular weight is 493 g/mol. The first kappa shape index (κ1) is 24.5. The summed E-state index contributed by atoms with van der Waals surface area (Å²) >= 11 is 0. The number of nitrogens with zero attached hydrogens (tertiary/aromatic N) is 1. The van der Waals surface area contributed by atoms with E-state index in [-0.39, 0.29) is 0 Å². The number of hydrogen-bond acceptors (Lipinski definition) is 4. The van der Waals surface area contributed by atoms with Gasteiger partial charge in [-0.2, -0.15) is 5.10 Å². The highest BCUT2D eigenvalue weighted by atomic mass is 15.3. The molecule has 38 heavy (non-hydrogen) atoms. The van der Waals surface area contributed by atoms with Gasteiger partial charge in [0.1, 0.15) is 0 Å². The minimum Gasteiger partial charge on any atom is -0.399 e. The number of hydrogen-bond donors (Lipinski definition) is 3. The van der Waals surface area contributed by atoms with Crippen LogP contribution in [0.1, 0.15) is 22.3 Å². The minimum absolute atomic E-state index is 0.485. The molecule has 0 aromatic heterocycles. The molecule has 1 aliphatic rings. The molecule has 0 atom stereocenters. The Morgan fingerprint density at radius 2 is 1.24 bits per heavy atom. The van der Waals surface area contributed by atoms with Gasteiger partial charge in [0, 0.05) is 11.3 Å². The van der Waals surface area contributed by atoms with Crippen LogP contribution in [0.3, 0.4) is 0 Å². The van der Waals surface area contributed by atoms with Crippen molar-refractivity contribution in [3.05, 3.63) is 167 Å². The summed E-state index contributed by atoms with van der Waals surface area (Å²) in [6.07, 6.45) is 11.7. The zero-order valence-electron chi connectivity index (χ0n) is 20.9. The Hall–Kier alpha value is -5.22. The molecule has 0 fully saturated rings. The van der Waals surface area contributed by atoms with Crippen LogP contribution in [0.2, 0.25) is 0 Å². The van der Waals surface area contributed by atoms with Gasteiger partial charge >= 0.3 is 0 Å². The molecule has 4 aromatic carbocycles. The summed E-state index contributed by atoms with van der Waals surface area (Å²) in [6, 6.07) is 36.4. The van der Waals surface area contributed by atoms with Gasteiger partial charge in [-0.15, -0.1) is 0 Å². The molecule has 0 heterocycles. The molecular formula is C34H28N4. The maximum atomic E-state index is 7.87. The number of anilines is 2. The van der Waals surface area contributed by atoms with Crippen LogP contribution >= 0.6 is 0 Å². The van der Waals surface area contributed by atoms with E-state index in [2.05, 4.69) is 47.9 Å². The van der Waals surface area contributed by atoms with Crippen LogP contribution in [0.15, 0.2) is 150 Å². The first-order valence-corrected chi connectivity index (χ1v) is 12.4. The van der Waals surface area contributed by atoms with Gasteiger partial charge in [-0.05, 0) is 70.3 Å². The monoisotopic (exact) mass is 492 g/mol. The molecule has 184 valence electrons. The third kappa shape index (κ3) is 6.12. The van der Waals surface area contributed by atoms with Crippen LogP contribution in [-0.2, 0) is 0 Å². The molecule has 0 saturated heterocycles. The highest BCUT2D eigenvalue weighted by molar-refractivity contribution is 6.11. The van der Waals surface area contributed by atoms with Gasteiger partial charge < -0.3 is 11.1 Å². The third-order valence-electron chi connectivity index (χ3n) is 6.15. The Balaban J connectivity index is 1.44. The fourth-order valence-corrected chi connectivity index (χ4v) is 4.17. The summed E-state index contributed by atoms with van der Waals surface area (Å²) in [5, 5.41) is 12.6. The molecule has 4 heteroatoms. The van der Waals surface area contributed by atoms with Crippen LogP contribution < -0.4 is 11.2 Å². The van der Waals surface area contributed by atoms with Crippen molar-refractivity contribution >= 4 is 34.4 Å². The summed E-state index contributed by atoms with van der Waals surface area (Å²) in [4.78, 5) is 0. The first-order valence-electron chi connectivity index (χ1n) is 12.4. The molecule has 4 nitrogen and oxygen atoms in total. The second-order valence-electron chi connectivity index (χ2n) is 8.87. The standard InChI is InChI=1S/C34H28N4/c35-30-18-12-27(13-19-30)34(28-14-20-31(36)21-15-28)29-16-22-32(23-17-29)37-38-33(26-9-5-2-6-10-26)24-11-25-7-3-1-4-8-25/h1-24,35,37H,36H2/b24-11?,34-27?,35-30?,38-33+. The minimum atomic E-state index is 0.485. The van der Waals surface area contributed by atoms with Crippen LogP contribution in [-0.4, -0.2) is 11.4 Å². The van der Waals surface area contributed by atoms with Crippen molar-refractivity contribution in [2.75, 3.05) is 11.2 Å². The lowest BCUT2D eigenvalue weighted by Gasteiger charge is -2.14. The third-order valence-corrected chi connectivity index (χ3v) is 6.15. The fraction of sp³-hybridized carbons (Fsp3) is 0. The van der Waals surface area contributed by atoms with Crippen LogP contribution in [0.25, 0.3) is 11.6 Å². The van der Waals surface area contributed by atoms with Crippen molar-refractivity contribution in [1.29, 1.82) is 5.41 Å². The zero-order valence-corrected chi connectivity index (χ0v) is 20.9. The highest BCUT2D eigenvalue weighted by Gasteiger charge is 2.11. The number of rotatable bonds is 7. The maximum Gasteiger partial charge on any atom is 0.0905 e. The second kappa shape index (κ2) is 11.7. The summed E-state index contributed by atoms with van der Waals surface area (Å²) in [5.74, 6) is 0. The van der Waals surface area contributed by atoms with Crippen LogP contribution in [0, 0.1) is 5.41 Å². The molecule has 0 aliphatic heterocycles. The largest absolute Gasteiger partial charge is 0.399 e. The van der Waals surface area contributed by atoms with E-state index in [4.69, 9.17) is 16.2 Å². The van der Waals surface area contributed by atoms with Gasteiger partial charge in [-0.3, -0.25) is 5.43 Å². The molecule has 5 rings (SSSR count). The molecule has 0 unspecified atom stereocenters. The normalized spacial score (nSPS) is 13.2. The number of allylic oxidation sites excluding steroid dienone is 6. The number of nitrogens with two attached hydrogens (primary N) is 1. The topological polar surface area (TPSA) is 74.3 Å². The van der Waals surface area contributed by atoms with E-state index in [1.165, 1.54) is 0 Å². The van der Waals surface area contributed by atoms with Crippen molar-refractivity contribution in [1.82, 2.24) is 0 Å². The molecule has 1 aliphatic carbocycles. The number of nitrogen functional groups attached to an aromatic ring is 1. The van der Waals surface area contributed by atoms with Crippen molar-refractivity contribution in [3.63, 3.8) is 0 Å². The number of nitrogens with one attached hydrogen (secondary N) is 2. The molecule has 0 radical (unpaired) electrons. The van der Waals surface area contributed by atoms with E-state index >= 15 is 0 Å². The quantitative estimate of drug-likeness (QED) is 0.140. The zero-order chi connectivity index (χ0) is 26.2. The van der Waals surface area contributed by atoms with E-state index in [1.807, 2.05) is 103 Å². The summed E-state index contributed by atoms with van der Waals surface area (Å²) in [7, 11) is 0. The Bertz CT molecular complexity index is 1540. The van der Waals surface area contributed by atoms with Gasteiger partial charge in [0.05, 0.1) is 17.1 Å². The number of benzene rings is 4. The molecule has 0 spiro atoms. The Morgan fingerprint density at radius 1 is 0.658 bits per heavy atom. The smallest absolute Gasteiger partial charge is 0.0905 e. The molecule has 0 saturated carbocycles. The van der Waals surface area contributed by atoms with Crippen molar-refractivity contribution < 1.29 is 0 Å². The highest BCUT2D eigenvalue weighted by Crippen LogP contribution is 2.31. The molecule has 4 aromatic rings. The molecular weight excluding hydrogens is 464 g/mol. The van der Waals surface area contributed by atoms with Crippen molar-refractivity contribution in [3.8, 4) is 0 Å². The lowest BCUT2D eigenvalue weighted by atomic mass is 9.90. The predicted molar refractivity (Wildman–Crippen MR) is 161 cm³/mol. The van der Waals surface area contributed by atoms with Gasteiger partial charge in [-0.1, -0.05) is 103 Å². The molecule has 4 N–H and O–H groups in total. The summed E-state index contributed by atoms with van der Waals surface area (Å²) in [5.41, 5.74) is 18.5. The van der Waals surface area contributed by atoms with E-state index in [0.29, 0.717) is 5.71 Å². The average Bonchev–Trinajstić information content (AvgIpc) is 2.97. The van der Waals surface area contributed by atoms with E-state index in [1.54, 1.807) is 0 Å². The Kier molecular flexibility index (Phi) is 7.52. The van der Waals surface area contributed by atoms with E-state index in [0.717, 1.165) is 50.5 Å². The van der Waals surface area contributed by atoms with E-state index < -0.39 is 0 Å². The van der Waals surface area contributed by atoms with Gasteiger partial charge in [0.2, 0.25) is 0 Å². The first-order chi connectivity index (χ1) is 18.7. The van der Waals surface area contributed by atoms with Gasteiger partial charge in [-0.25, -0.2) is 0 Å². The molecule has 0 bridgehead atoms. The lowest BCUT2D eigenvalue weighted by molar-refractivity contribution is 1.33. The van der Waals surface area contributed by atoms with Crippen LogP contribution in [0.5, 0.6) is 0 Å². The SMILES string of the molecule is N=C1C=CC(=C(c2ccc(N)cc2)c2ccc(N/N=C(\C=Cc3ccccc3)c3ccccc3)cc2)C=C1. The second-order valence-corrected chi connectivity index (χ2v) is 8.87. The lowest BCUT2D eigenvalue weighted by Crippen LogP contribution is -2.01. The van der Waals surface area contributed by atoms with Crippen LogP contribution in [0.4, 0.5) is 11.4 Å². The Morgan fingerprint density at radius 3 is 1.87 bits per heavy atom. The van der Waals surface area contributed by atoms with E-state index in [9.17, 15) is 0 Å². The molecule has 0 amide bonds. The summed E-state index contributed by atoms with van der Waals surface area (Å²) in [6.45, 7) is 0. The Labute approximate surface area is 223 Å². The van der Waals surface area contributed by atoms with Crippen molar-refractivity contribution in [2.45, 2.75) is 0 Å².